The molecule has 3 nitrogen and oxygen atoms in total. The topological polar surface area (TPSA) is 46.3 Å². The summed E-state index contributed by atoms with van der Waals surface area (Å²) in [5, 5.41) is 0. The van der Waals surface area contributed by atoms with E-state index in [-0.39, 0.29) is 5.92 Å². The highest BCUT2D eigenvalue weighted by Crippen LogP contribution is 2.32. The van der Waals surface area contributed by atoms with Crippen LogP contribution in [0.25, 0.3) is 0 Å². The molecule has 2 fully saturated rings. The average Bonchev–Trinajstić information content (AvgIpc) is 2.41. The fourth-order valence-corrected chi connectivity index (χ4v) is 3.51. The van der Waals surface area contributed by atoms with Gasteiger partial charge < -0.3 is 10.6 Å². The quantitative estimate of drug-likeness (QED) is 0.819. The number of likely N-dealkylation sites (tertiary alicyclic amines) is 1. The fourth-order valence-electron chi connectivity index (χ4n) is 3.51. The molecule has 0 spiro atoms. The molecular formula is C15H28N2O. The first-order chi connectivity index (χ1) is 8.63. The summed E-state index contributed by atoms with van der Waals surface area (Å²) >= 11 is 0. The van der Waals surface area contributed by atoms with Gasteiger partial charge in [-0.2, -0.15) is 0 Å². The number of piperidine rings is 1. The van der Waals surface area contributed by atoms with E-state index in [0.29, 0.717) is 24.3 Å². The van der Waals surface area contributed by atoms with E-state index in [4.69, 9.17) is 5.73 Å². The van der Waals surface area contributed by atoms with E-state index in [0.717, 1.165) is 38.3 Å². The minimum atomic E-state index is 0.212. The molecule has 1 amide bonds. The van der Waals surface area contributed by atoms with Gasteiger partial charge in [-0.15, -0.1) is 0 Å². The van der Waals surface area contributed by atoms with Crippen LogP contribution in [0.4, 0.5) is 0 Å². The number of carbonyl (C=O) groups excluding carboxylic acids is 1. The summed E-state index contributed by atoms with van der Waals surface area (Å²) in [6.45, 7) is 7.16. The van der Waals surface area contributed by atoms with Gasteiger partial charge in [-0.25, -0.2) is 0 Å². The molecule has 0 aromatic heterocycles. The van der Waals surface area contributed by atoms with Crippen molar-refractivity contribution in [2.75, 3.05) is 19.6 Å². The molecule has 1 saturated carbocycles. The van der Waals surface area contributed by atoms with E-state index in [1.54, 1.807) is 0 Å². The predicted molar refractivity (Wildman–Crippen MR) is 74.0 cm³/mol. The van der Waals surface area contributed by atoms with E-state index >= 15 is 0 Å². The number of nitrogens with two attached hydrogens (primary N) is 1. The summed E-state index contributed by atoms with van der Waals surface area (Å²) in [7, 11) is 0. The molecule has 1 saturated heterocycles. The van der Waals surface area contributed by atoms with Crippen molar-refractivity contribution >= 4 is 5.91 Å². The molecule has 4 atom stereocenters. The molecule has 0 radical (unpaired) electrons. The lowest BCUT2D eigenvalue weighted by Gasteiger charge is -2.39. The molecule has 1 aliphatic carbocycles. The van der Waals surface area contributed by atoms with Gasteiger partial charge in [0.2, 0.25) is 5.91 Å². The Kier molecular flexibility index (Phi) is 4.66. The fraction of sp³-hybridized carbons (Fsp3) is 0.933. The maximum absolute atomic E-state index is 12.6. The summed E-state index contributed by atoms with van der Waals surface area (Å²) in [6.07, 6.45) is 5.81. The second kappa shape index (κ2) is 6.05. The highest BCUT2D eigenvalue weighted by atomic mass is 16.2. The highest BCUT2D eigenvalue weighted by Gasteiger charge is 2.35. The standard InChI is InChI=1S/C15H28N2O/c1-11-7-8-17(10-12(11)2)15(18)14-6-4-3-5-13(14)9-16/h11-14H,3-10,16H2,1-2H3. The first-order valence-electron chi connectivity index (χ1n) is 7.62. The van der Waals surface area contributed by atoms with Gasteiger partial charge >= 0.3 is 0 Å². The first-order valence-corrected chi connectivity index (χ1v) is 7.62. The normalized spacial score (nSPS) is 37.6. The van der Waals surface area contributed by atoms with Gasteiger partial charge in [0.1, 0.15) is 0 Å². The van der Waals surface area contributed by atoms with Gasteiger partial charge in [-0.1, -0.05) is 26.7 Å². The molecular weight excluding hydrogens is 224 g/mol. The predicted octanol–water partition coefficient (Wildman–Crippen LogP) is 2.26. The molecule has 1 aliphatic heterocycles. The first kappa shape index (κ1) is 13.9. The Balaban J connectivity index is 1.97. The molecule has 2 rings (SSSR count). The molecule has 4 unspecified atom stereocenters. The monoisotopic (exact) mass is 252 g/mol. The molecule has 104 valence electrons. The zero-order chi connectivity index (χ0) is 13.1. The van der Waals surface area contributed by atoms with Crippen molar-refractivity contribution < 1.29 is 4.79 Å². The van der Waals surface area contributed by atoms with Crippen LogP contribution in [0.2, 0.25) is 0 Å². The van der Waals surface area contributed by atoms with Gasteiger partial charge in [-0.05, 0) is 43.6 Å². The van der Waals surface area contributed by atoms with Gasteiger partial charge in [-0.3, -0.25) is 4.79 Å². The zero-order valence-corrected chi connectivity index (χ0v) is 11.9. The smallest absolute Gasteiger partial charge is 0.226 e. The summed E-state index contributed by atoms with van der Waals surface area (Å²) in [6, 6.07) is 0. The van der Waals surface area contributed by atoms with Crippen LogP contribution in [0, 0.1) is 23.7 Å². The lowest BCUT2D eigenvalue weighted by molar-refractivity contribution is -0.140. The SMILES string of the molecule is CC1CCN(C(=O)C2CCCCC2CN)CC1C. The third-order valence-corrected chi connectivity index (χ3v) is 5.17. The van der Waals surface area contributed by atoms with Crippen molar-refractivity contribution in [2.45, 2.75) is 46.0 Å². The van der Waals surface area contributed by atoms with E-state index in [1.165, 1.54) is 12.8 Å². The molecule has 18 heavy (non-hydrogen) atoms. The molecule has 2 aliphatic rings. The summed E-state index contributed by atoms with van der Waals surface area (Å²) < 4.78 is 0. The number of nitrogens with zero attached hydrogens (tertiary/aromatic N) is 1. The number of hydrogen-bond donors (Lipinski definition) is 1. The zero-order valence-electron chi connectivity index (χ0n) is 11.9. The van der Waals surface area contributed by atoms with Crippen molar-refractivity contribution in [2.24, 2.45) is 29.4 Å². The molecule has 3 heteroatoms. The molecule has 1 heterocycles. The Hall–Kier alpha value is -0.570. The number of carbonyl (C=O) groups is 1. The lowest BCUT2D eigenvalue weighted by Crippen LogP contribution is -2.47. The lowest BCUT2D eigenvalue weighted by atomic mass is 9.77. The van der Waals surface area contributed by atoms with Gasteiger partial charge in [0.05, 0.1) is 0 Å². The summed E-state index contributed by atoms with van der Waals surface area (Å²) in [5.41, 5.74) is 5.84. The number of rotatable bonds is 2. The van der Waals surface area contributed by atoms with Crippen molar-refractivity contribution in [1.82, 2.24) is 4.90 Å². The van der Waals surface area contributed by atoms with Crippen molar-refractivity contribution in [3.63, 3.8) is 0 Å². The maximum Gasteiger partial charge on any atom is 0.226 e. The summed E-state index contributed by atoms with van der Waals surface area (Å²) in [5.74, 6) is 2.43. The van der Waals surface area contributed by atoms with Crippen molar-refractivity contribution in [3.05, 3.63) is 0 Å². The Morgan fingerprint density at radius 1 is 1.17 bits per heavy atom. The third-order valence-electron chi connectivity index (χ3n) is 5.17. The van der Waals surface area contributed by atoms with Crippen LogP contribution in [-0.4, -0.2) is 30.4 Å². The summed E-state index contributed by atoms with van der Waals surface area (Å²) in [4.78, 5) is 14.8. The number of hydrogen-bond acceptors (Lipinski definition) is 2. The Labute approximate surface area is 111 Å². The second-order valence-corrected chi connectivity index (χ2v) is 6.41. The van der Waals surface area contributed by atoms with Crippen LogP contribution in [0.1, 0.15) is 46.0 Å². The van der Waals surface area contributed by atoms with Gasteiger partial charge in [0.15, 0.2) is 0 Å². The van der Waals surface area contributed by atoms with Crippen LogP contribution in [0.5, 0.6) is 0 Å². The molecule has 0 bridgehead atoms. The average molecular weight is 252 g/mol. The number of amides is 1. The minimum absolute atomic E-state index is 0.212. The van der Waals surface area contributed by atoms with Crippen molar-refractivity contribution in [3.8, 4) is 0 Å². The Morgan fingerprint density at radius 3 is 2.56 bits per heavy atom. The van der Waals surface area contributed by atoms with Crippen LogP contribution in [0.3, 0.4) is 0 Å². The van der Waals surface area contributed by atoms with Crippen LogP contribution >= 0.6 is 0 Å². The Morgan fingerprint density at radius 2 is 1.89 bits per heavy atom. The Bertz CT molecular complexity index is 292. The van der Waals surface area contributed by atoms with Gasteiger partial charge in [0.25, 0.3) is 0 Å². The van der Waals surface area contributed by atoms with Crippen LogP contribution in [0.15, 0.2) is 0 Å². The van der Waals surface area contributed by atoms with E-state index < -0.39 is 0 Å². The molecule has 2 N–H and O–H groups in total. The van der Waals surface area contributed by atoms with Crippen LogP contribution < -0.4 is 5.73 Å². The third kappa shape index (κ3) is 2.87. The second-order valence-electron chi connectivity index (χ2n) is 6.41. The minimum Gasteiger partial charge on any atom is -0.342 e. The largest absolute Gasteiger partial charge is 0.342 e. The molecule has 0 aromatic carbocycles. The molecule has 0 aromatic rings. The van der Waals surface area contributed by atoms with Crippen molar-refractivity contribution in [1.29, 1.82) is 0 Å². The van der Waals surface area contributed by atoms with E-state index in [2.05, 4.69) is 18.7 Å². The highest BCUT2D eigenvalue weighted by molar-refractivity contribution is 5.79. The van der Waals surface area contributed by atoms with Gasteiger partial charge in [0, 0.05) is 19.0 Å². The van der Waals surface area contributed by atoms with Crippen LogP contribution in [-0.2, 0) is 4.79 Å². The van der Waals surface area contributed by atoms with E-state index in [1.807, 2.05) is 0 Å². The van der Waals surface area contributed by atoms with E-state index in [9.17, 15) is 4.79 Å². The maximum atomic E-state index is 12.6.